The van der Waals surface area contributed by atoms with Crippen LogP contribution in [0.5, 0.6) is 5.75 Å². The third-order valence-electron chi connectivity index (χ3n) is 4.22. The maximum absolute atomic E-state index is 12.7. The predicted octanol–water partition coefficient (Wildman–Crippen LogP) is 3.52. The molecule has 2 rings (SSSR count). The molecule has 2 aromatic rings. The van der Waals surface area contributed by atoms with Gasteiger partial charge in [-0.1, -0.05) is 35.9 Å². The minimum Gasteiger partial charge on any atom is -0.494 e. The van der Waals surface area contributed by atoms with Gasteiger partial charge < -0.3 is 10.1 Å². The van der Waals surface area contributed by atoms with Crippen LogP contribution in [-0.4, -0.2) is 33.2 Å². The summed E-state index contributed by atoms with van der Waals surface area (Å²) < 4.78 is 31.4. The van der Waals surface area contributed by atoms with Gasteiger partial charge in [0.05, 0.1) is 18.6 Å². The molecule has 0 saturated carbocycles. The lowest BCUT2D eigenvalue weighted by molar-refractivity contribution is -0.122. The van der Waals surface area contributed by atoms with E-state index in [9.17, 15) is 13.2 Å². The number of anilines is 1. The SMILES string of the molecule is CCOc1ccccc1CNC(=O)C(C)N(c1ccc(C)c(Cl)c1)S(C)(=O)=O. The number of rotatable bonds is 8. The Kier molecular flexibility index (Phi) is 7.32. The zero-order valence-corrected chi connectivity index (χ0v) is 18.0. The number of carbonyl (C=O) groups is 1. The number of carbonyl (C=O) groups excluding carboxylic acids is 1. The van der Waals surface area contributed by atoms with E-state index in [0.29, 0.717) is 23.1 Å². The Hall–Kier alpha value is -2.25. The number of sulfonamides is 1. The standard InChI is InChI=1S/C20H25ClN2O4S/c1-5-27-19-9-7-6-8-16(19)13-22-20(24)15(3)23(28(4,25)26)17-11-10-14(2)18(21)12-17/h6-12,15H,5,13H2,1-4H3,(H,22,24). The van der Waals surface area contributed by atoms with E-state index in [1.165, 1.54) is 0 Å². The Labute approximate surface area is 171 Å². The molecule has 1 amide bonds. The minimum absolute atomic E-state index is 0.228. The molecule has 0 aliphatic carbocycles. The molecule has 0 fully saturated rings. The van der Waals surface area contributed by atoms with Gasteiger partial charge in [-0.2, -0.15) is 0 Å². The fraction of sp³-hybridized carbons (Fsp3) is 0.350. The summed E-state index contributed by atoms with van der Waals surface area (Å²) >= 11 is 6.14. The average Bonchev–Trinajstić information content (AvgIpc) is 2.63. The Balaban J connectivity index is 2.22. The highest BCUT2D eigenvalue weighted by molar-refractivity contribution is 7.92. The van der Waals surface area contributed by atoms with E-state index in [-0.39, 0.29) is 6.54 Å². The molecule has 0 aliphatic rings. The quantitative estimate of drug-likeness (QED) is 0.703. The molecule has 28 heavy (non-hydrogen) atoms. The van der Waals surface area contributed by atoms with Crippen LogP contribution < -0.4 is 14.4 Å². The molecule has 0 saturated heterocycles. The fourth-order valence-electron chi connectivity index (χ4n) is 2.80. The molecule has 0 spiro atoms. The van der Waals surface area contributed by atoms with E-state index >= 15 is 0 Å². The summed E-state index contributed by atoms with van der Waals surface area (Å²) in [4.78, 5) is 12.7. The lowest BCUT2D eigenvalue weighted by atomic mass is 10.2. The zero-order chi connectivity index (χ0) is 20.9. The van der Waals surface area contributed by atoms with Crippen molar-refractivity contribution in [1.29, 1.82) is 0 Å². The van der Waals surface area contributed by atoms with E-state index in [4.69, 9.17) is 16.3 Å². The van der Waals surface area contributed by atoms with Crippen LogP contribution in [0.25, 0.3) is 0 Å². The number of aryl methyl sites for hydroxylation is 1. The van der Waals surface area contributed by atoms with Gasteiger partial charge in [-0.15, -0.1) is 0 Å². The molecule has 8 heteroatoms. The minimum atomic E-state index is -3.70. The first-order chi connectivity index (χ1) is 13.1. The predicted molar refractivity (Wildman–Crippen MR) is 112 cm³/mol. The number of benzene rings is 2. The van der Waals surface area contributed by atoms with Crippen molar-refractivity contribution in [3.05, 3.63) is 58.6 Å². The first-order valence-electron chi connectivity index (χ1n) is 8.89. The molecular formula is C20H25ClN2O4S. The second kappa shape index (κ2) is 9.30. The van der Waals surface area contributed by atoms with Crippen LogP contribution in [0.1, 0.15) is 25.0 Å². The van der Waals surface area contributed by atoms with Gasteiger partial charge in [0, 0.05) is 17.1 Å². The molecule has 1 N–H and O–H groups in total. The summed E-state index contributed by atoms with van der Waals surface area (Å²) in [6.07, 6.45) is 1.06. The van der Waals surface area contributed by atoms with E-state index < -0.39 is 22.0 Å². The molecule has 0 heterocycles. The summed E-state index contributed by atoms with van der Waals surface area (Å²) in [6.45, 7) is 5.98. The zero-order valence-electron chi connectivity index (χ0n) is 16.4. The summed E-state index contributed by atoms with van der Waals surface area (Å²) in [7, 11) is -3.70. The normalized spacial score (nSPS) is 12.3. The smallest absolute Gasteiger partial charge is 0.243 e. The van der Waals surface area contributed by atoms with Gasteiger partial charge in [0.25, 0.3) is 0 Å². The van der Waals surface area contributed by atoms with Crippen molar-refractivity contribution in [2.45, 2.75) is 33.4 Å². The van der Waals surface area contributed by atoms with Crippen LogP contribution in [0.15, 0.2) is 42.5 Å². The number of nitrogens with one attached hydrogen (secondary N) is 1. The molecule has 1 unspecified atom stereocenters. The van der Waals surface area contributed by atoms with Gasteiger partial charge in [-0.25, -0.2) is 8.42 Å². The molecule has 0 aromatic heterocycles. The summed E-state index contributed by atoms with van der Waals surface area (Å²) in [6, 6.07) is 11.3. The molecule has 152 valence electrons. The van der Waals surface area contributed by atoms with E-state index in [1.807, 2.05) is 38.1 Å². The second-order valence-corrected chi connectivity index (χ2v) is 8.69. The van der Waals surface area contributed by atoms with Crippen molar-refractivity contribution in [3.63, 3.8) is 0 Å². The van der Waals surface area contributed by atoms with Crippen molar-refractivity contribution in [2.75, 3.05) is 17.2 Å². The maximum atomic E-state index is 12.7. The number of hydrogen-bond acceptors (Lipinski definition) is 4. The molecular weight excluding hydrogens is 400 g/mol. The van der Waals surface area contributed by atoms with Crippen molar-refractivity contribution in [3.8, 4) is 5.75 Å². The number of halogens is 1. The van der Waals surface area contributed by atoms with Gasteiger partial charge in [0.15, 0.2) is 0 Å². The highest BCUT2D eigenvalue weighted by atomic mass is 35.5. The molecule has 0 radical (unpaired) electrons. The Morgan fingerprint density at radius 2 is 1.93 bits per heavy atom. The molecule has 0 bridgehead atoms. The summed E-state index contributed by atoms with van der Waals surface area (Å²) in [5.41, 5.74) is 1.98. The van der Waals surface area contributed by atoms with Crippen molar-refractivity contribution >= 4 is 33.2 Å². The van der Waals surface area contributed by atoms with Crippen LogP contribution in [0.2, 0.25) is 5.02 Å². The van der Waals surface area contributed by atoms with E-state index in [0.717, 1.165) is 21.7 Å². The lowest BCUT2D eigenvalue weighted by Gasteiger charge is -2.28. The highest BCUT2D eigenvalue weighted by Crippen LogP contribution is 2.27. The van der Waals surface area contributed by atoms with Gasteiger partial charge in [0.1, 0.15) is 11.8 Å². The van der Waals surface area contributed by atoms with Gasteiger partial charge in [-0.05, 0) is 44.5 Å². The van der Waals surface area contributed by atoms with Crippen LogP contribution in [-0.2, 0) is 21.4 Å². The Morgan fingerprint density at radius 3 is 2.54 bits per heavy atom. The maximum Gasteiger partial charge on any atom is 0.243 e. The first kappa shape index (κ1) is 22.0. The third kappa shape index (κ3) is 5.39. The number of nitrogens with zero attached hydrogens (tertiary/aromatic N) is 1. The van der Waals surface area contributed by atoms with Crippen LogP contribution in [0, 0.1) is 6.92 Å². The molecule has 0 aliphatic heterocycles. The second-order valence-electron chi connectivity index (χ2n) is 6.43. The van der Waals surface area contributed by atoms with Crippen LogP contribution in [0.3, 0.4) is 0 Å². The molecule has 2 aromatic carbocycles. The van der Waals surface area contributed by atoms with E-state index in [1.54, 1.807) is 25.1 Å². The van der Waals surface area contributed by atoms with E-state index in [2.05, 4.69) is 5.32 Å². The van der Waals surface area contributed by atoms with Gasteiger partial charge in [0.2, 0.25) is 15.9 Å². The topological polar surface area (TPSA) is 75.7 Å². The van der Waals surface area contributed by atoms with Gasteiger partial charge >= 0.3 is 0 Å². The van der Waals surface area contributed by atoms with Crippen molar-refractivity contribution < 1.29 is 17.9 Å². The fourth-order valence-corrected chi connectivity index (χ4v) is 4.15. The number of ether oxygens (including phenoxy) is 1. The molecule has 1 atom stereocenters. The van der Waals surface area contributed by atoms with Crippen molar-refractivity contribution in [1.82, 2.24) is 5.32 Å². The monoisotopic (exact) mass is 424 g/mol. The largest absolute Gasteiger partial charge is 0.494 e. The highest BCUT2D eigenvalue weighted by Gasteiger charge is 2.29. The number of para-hydroxylation sites is 1. The average molecular weight is 425 g/mol. The van der Waals surface area contributed by atoms with Crippen LogP contribution in [0.4, 0.5) is 5.69 Å². The van der Waals surface area contributed by atoms with Gasteiger partial charge in [-0.3, -0.25) is 9.10 Å². The Morgan fingerprint density at radius 1 is 1.25 bits per heavy atom. The number of hydrogen-bond donors (Lipinski definition) is 1. The Bertz CT molecular complexity index is 947. The first-order valence-corrected chi connectivity index (χ1v) is 11.1. The molecule has 6 nitrogen and oxygen atoms in total. The lowest BCUT2D eigenvalue weighted by Crippen LogP contribution is -2.47. The third-order valence-corrected chi connectivity index (χ3v) is 5.87. The summed E-state index contributed by atoms with van der Waals surface area (Å²) in [5.74, 6) is 0.261. The number of amides is 1. The summed E-state index contributed by atoms with van der Waals surface area (Å²) in [5, 5.41) is 3.22. The van der Waals surface area contributed by atoms with Crippen molar-refractivity contribution in [2.24, 2.45) is 0 Å². The van der Waals surface area contributed by atoms with Crippen LogP contribution >= 0.6 is 11.6 Å².